The van der Waals surface area contributed by atoms with Gasteiger partial charge in [0.15, 0.2) is 16.3 Å². The van der Waals surface area contributed by atoms with Crippen LogP contribution in [0.3, 0.4) is 0 Å². The Morgan fingerprint density at radius 3 is 2.22 bits per heavy atom. The summed E-state index contributed by atoms with van der Waals surface area (Å²) in [6.45, 7) is 3.00. The van der Waals surface area contributed by atoms with Gasteiger partial charge in [0.1, 0.15) is 52.1 Å². The molecular formula is C70H60F9N19O8S2. The smallest absolute Gasteiger partial charge is 0.417 e. The number of amides is 1. The van der Waals surface area contributed by atoms with Crippen LogP contribution in [0.4, 0.5) is 45.5 Å². The zero-order valence-electron chi connectivity index (χ0n) is 57.4. The Hall–Kier alpha value is -12.4. The molecule has 9 aromatic heterocycles. The zero-order chi connectivity index (χ0) is 77.8. The average Bonchev–Trinajstić information content (AvgIpc) is 1.68. The third kappa shape index (κ3) is 15.5. The molecule has 108 heavy (non-hydrogen) atoms. The number of carbonyl (C=O) groups is 2. The molecule has 3 aliphatic rings. The molecule has 2 aromatic carbocycles. The molecule has 14 rings (SSSR count). The van der Waals surface area contributed by atoms with Crippen molar-refractivity contribution >= 4 is 55.2 Å². The molecule has 0 spiro atoms. The lowest BCUT2D eigenvalue weighted by Gasteiger charge is -2.44. The molecule has 1 saturated heterocycles. The van der Waals surface area contributed by atoms with Gasteiger partial charge in [0.05, 0.1) is 66.0 Å². The van der Waals surface area contributed by atoms with Crippen molar-refractivity contribution in [1.29, 1.82) is 5.26 Å². The maximum Gasteiger partial charge on any atom is 0.417 e. The second-order valence-corrected chi connectivity index (χ2v) is 27.8. The number of ether oxygens (including phenoxy) is 2. The Labute approximate surface area is 608 Å². The van der Waals surface area contributed by atoms with Crippen LogP contribution in [0.15, 0.2) is 180 Å². The van der Waals surface area contributed by atoms with Gasteiger partial charge in [-0.15, -0.1) is 5.10 Å². The van der Waals surface area contributed by atoms with Crippen LogP contribution in [-0.4, -0.2) is 137 Å². The summed E-state index contributed by atoms with van der Waals surface area (Å²) >= 11 is 0. The van der Waals surface area contributed by atoms with Gasteiger partial charge in [0.2, 0.25) is 15.9 Å². The molecule has 0 bridgehead atoms. The quantitative estimate of drug-likeness (QED) is 0.0488. The van der Waals surface area contributed by atoms with Crippen LogP contribution in [0.25, 0.3) is 22.9 Å². The number of hydrogen-bond acceptors (Lipinski definition) is 21. The number of pyridine rings is 5. The lowest BCUT2D eigenvalue weighted by atomic mass is 9.65. The number of halogens is 9. The first kappa shape index (κ1) is 76.7. The molecule has 4 N–H and O–H groups in total. The molecule has 11 heterocycles. The molecule has 11 aromatic rings. The number of fused-ring (bicyclic) bond motifs is 4. The Bertz CT molecular complexity index is 5620. The largest absolute Gasteiger partial charge is 0.497 e. The van der Waals surface area contributed by atoms with Crippen LogP contribution >= 0.6 is 0 Å². The number of nitrogens with zero attached hydrogens (tertiary/aromatic N) is 16. The summed E-state index contributed by atoms with van der Waals surface area (Å²) in [5.41, 5.74) is 7.12. The number of piperidine rings is 1. The summed E-state index contributed by atoms with van der Waals surface area (Å²) in [6, 6.07) is 23.7. The summed E-state index contributed by atoms with van der Waals surface area (Å²) in [5, 5.41) is 22.6. The average molecular weight is 1530 g/mol. The Balaban J connectivity index is 0.000000148. The molecule has 1 amide bonds. The normalized spacial score (nSPS) is 16.1. The Morgan fingerprint density at radius 2 is 1.53 bits per heavy atom. The van der Waals surface area contributed by atoms with Gasteiger partial charge in [-0.2, -0.15) is 51.1 Å². The summed E-state index contributed by atoms with van der Waals surface area (Å²) in [4.78, 5) is 57.2. The van der Waals surface area contributed by atoms with Crippen molar-refractivity contribution in [3.63, 3.8) is 0 Å². The number of nitriles is 1. The summed E-state index contributed by atoms with van der Waals surface area (Å²) in [5.74, 6) is -1.59. The number of alkyl halides is 8. The fourth-order valence-electron chi connectivity index (χ4n) is 12.4. The highest BCUT2D eigenvalue weighted by Crippen LogP contribution is 2.49. The molecule has 558 valence electrons. The number of nitrogens with two attached hydrogens (primary N) is 1. The van der Waals surface area contributed by atoms with Crippen molar-refractivity contribution in [1.82, 2.24) is 73.7 Å². The van der Waals surface area contributed by atoms with Crippen molar-refractivity contribution in [3.05, 3.63) is 244 Å². The van der Waals surface area contributed by atoms with Gasteiger partial charge in [-0.05, 0) is 109 Å². The van der Waals surface area contributed by atoms with Crippen LogP contribution in [0.2, 0.25) is 0 Å². The topological polar surface area (TPSA) is 354 Å². The van der Waals surface area contributed by atoms with E-state index in [0.717, 1.165) is 53.2 Å². The summed E-state index contributed by atoms with van der Waals surface area (Å²) in [7, 11) is -1.72. The zero-order valence-corrected chi connectivity index (χ0v) is 59.1. The lowest BCUT2D eigenvalue weighted by Crippen LogP contribution is -2.53. The van der Waals surface area contributed by atoms with E-state index in [0.29, 0.717) is 50.9 Å². The van der Waals surface area contributed by atoms with Crippen molar-refractivity contribution < 1.29 is 75.4 Å². The van der Waals surface area contributed by atoms with Crippen LogP contribution in [0, 0.1) is 36.4 Å². The van der Waals surface area contributed by atoms with Crippen LogP contribution in [0.5, 0.6) is 11.6 Å². The number of ketones is 1. The van der Waals surface area contributed by atoms with E-state index in [4.69, 9.17) is 20.5 Å². The van der Waals surface area contributed by atoms with Gasteiger partial charge < -0.3 is 20.5 Å². The number of Topliss-reactive ketones (excluding diaryl/α,β-unsaturated/α-hetero) is 1. The number of nitrogens with one attached hydrogen (secondary N) is 2. The van der Waals surface area contributed by atoms with E-state index in [1.807, 2.05) is 36.5 Å². The van der Waals surface area contributed by atoms with E-state index in [2.05, 4.69) is 59.9 Å². The number of sulfonamides is 2. The van der Waals surface area contributed by atoms with Crippen molar-refractivity contribution in [2.75, 3.05) is 38.6 Å². The molecule has 0 saturated carbocycles. The van der Waals surface area contributed by atoms with E-state index in [1.165, 1.54) is 63.9 Å². The number of hydrogen-bond donors (Lipinski definition) is 3. The van der Waals surface area contributed by atoms with Crippen LogP contribution in [0.1, 0.15) is 95.3 Å². The Morgan fingerprint density at radius 1 is 0.796 bits per heavy atom. The SMILES string of the molecule is COc1cc(C)n2nc(NS(=O)(=O)c3c(C)ccnc3OC)nc2c1.Cn1cc(S(=O)(=O)N2CCC3=Cc4c(cnn4C)C[C@]3(C(=O)c3cc(C(F)(F)F)ccn3)C2)cn1.N#CCNC(=O)c1cnccc1C(F)(F)F.NC1=N[C@](c2cccc(-c3cncnc3)c2)(c2ccnc(C(F)F)c2)c2cccc(F)c21. The predicted molar refractivity (Wildman–Crippen MR) is 369 cm³/mol. The molecule has 0 unspecified atom stereocenters. The van der Waals surface area contributed by atoms with Gasteiger partial charge in [-0.1, -0.05) is 35.9 Å². The van der Waals surface area contributed by atoms with Crippen LogP contribution in [-0.2, 0) is 58.5 Å². The first-order valence-electron chi connectivity index (χ1n) is 31.9. The van der Waals surface area contributed by atoms with Crippen LogP contribution < -0.4 is 25.2 Å². The third-order valence-corrected chi connectivity index (χ3v) is 20.7. The van der Waals surface area contributed by atoms with Crippen molar-refractivity contribution in [3.8, 4) is 28.8 Å². The maximum absolute atomic E-state index is 14.8. The van der Waals surface area contributed by atoms with E-state index < -0.39 is 89.7 Å². The number of aliphatic imine (C=N–C) groups is 1. The fraction of sp³-hybridized carbons (Fsp3) is 0.229. The van der Waals surface area contributed by atoms with E-state index in [9.17, 15) is 65.9 Å². The molecular weight excluding hydrogens is 1470 g/mol. The standard InChI is InChI=1S/C24H16F3N5.C22H21F3N6O3S.C15H17N5O4S.C9H6F3N3O/c25-19-6-2-5-18-21(19)23(28)32-24(18,17-7-8-31-20(10-17)22(26)27)16-4-1-3-14(9-16)15-11-29-13-30-12-15;1-29-12-17(11-27-29)35(33,34)31-6-4-15-8-19-14(10-28-30(19)2)9-21(15,13-31)20(32)18-7-16(3-5-26-18)22(23,24)25;1-9-5-6-16-14(24-4)13(9)25(21,22)19-15-17-12-8-11(23-3)7-10(2)20(12)18-15;10-9(11,12)7-1-3-14-5-6(7)8(16)15-4-2-13/h1-13,22H,(H2,28,32);3,5,7-8,10-12H,4,6,9,13H2,1-2H3;5-8H,1-4H3,(H,18,19);1,3,5H,4H2,(H,15,16)/t24-;21-;;/m10../s1. The first-order valence-corrected chi connectivity index (χ1v) is 34.8. The molecule has 0 radical (unpaired) electrons. The summed E-state index contributed by atoms with van der Waals surface area (Å²) < 4.78 is 190. The Kier molecular flexibility index (Phi) is 21.8. The monoisotopic (exact) mass is 1530 g/mol. The number of aromatic nitrogens is 13. The van der Waals surface area contributed by atoms with Gasteiger partial charge in [0.25, 0.3) is 28.3 Å². The number of aryl methyl sites for hydroxylation is 4. The number of benzene rings is 2. The van der Waals surface area contributed by atoms with Gasteiger partial charge in [0, 0.05) is 106 Å². The molecule has 2 atom stereocenters. The van der Waals surface area contributed by atoms with E-state index in [1.54, 1.807) is 99.9 Å². The molecule has 27 nitrogen and oxygen atoms in total. The minimum Gasteiger partial charge on any atom is -0.497 e. The number of rotatable bonds is 15. The number of amidine groups is 1. The van der Waals surface area contributed by atoms with Crippen molar-refractivity contribution in [2.24, 2.45) is 30.2 Å². The van der Waals surface area contributed by atoms with E-state index in [-0.39, 0.29) is 71.2 Å². The fourth-order valence-corrected chi connectivity index (χ4v) is 15.2. The number of carbonyl (C=O) groups excluding carboxylic acids is 2. The van der Waals surface area contributed by atoms with Crippen molar-refractivity contribution in [2.45, 2.75) is 60.8 Å². The molecule has 38 heteroatoms. The third-order valence-electron chi connectivity index (χ3n) is 17.5. The summed E-state index contributed by atoms with van der Waals surface area (Å²) in [6.07, 6.45) is 4.51. The second-order valence-electron chi connectivity index (χ2n) is 24.2. The molecule has 1 aliphatic carbocycles. The van der Waals surface area contributed by atoms with Gasteiger partial charge in [-0.25, -0.2) is 59.2 Å². The van der Waals surface area contributed by atoms with Gasteiger partial charge in [-0.3, -0.25) is 33.9 Å². The highest BCUT2D eigenvalue weighted by atomic mass is 32.2. The number of methoxy groups -OCH3 is 2. The van der Waals surface area contributed by atoms with E-state index >= 15 is 0 Å². The predicted octanol–water partition coefficient (Wildman–Crippen LogP) is 10.0. The second kappa shape index (κ2) is 30.6. The minimum atomic E-state index is -4.65. The van der Waals surface area contributed by atoms with Gasteiger partial charge >= 0.3 is 12.4 Å². The lowest BCUT2D eigenvalue weighted by molar-refractivity contribution is -0.138. The number of anilines is 1. The highest BCUT2D eigenvalue weighted by Gasteiger charge is 2.52. The minimum absolute atomic E-state index is 0.00181. The first-order chi connectivity index (χ1) is 51.2. The maximum atomic E-state index is 14.8. The highest BCUT2D eigenvalue weighted by molar-refractivity contribution is 7.92. The molecule has 1 fully saturated rings. The molecule has 2 aliphatic heterocycles.